The Morgan fingerprint density at radius 3 is 2.88 bits per heavy atom. The van der Waals surface area contributed by atoms with Crippen molar-refractivity contribution < 1.29 is 4.79 Å². The molecular weight excluding hydrogens is 234 g/mol. The first-order valence-electron chi connectivity index (χ1n) is 5.57. The average Bonchev–Trinajstić information content (AvgIpc) is 2.90. The van der Waals surface area contributed by atoms with Crippen LogP contribution in [0.25, 0.3) is 0 Å². The van der Waals surface area contributed by atoms with Crippen LogP contribution < -0.4 is 5.32 Å². The van der Waals surface area contributed by atoms with Gasteiger partial charge < -0.3 is 9.88 Å². The van der Waals surface area contributed by atoms with Gasteiger partial charge in [0.1, 0.15) is 0 Å². The molecule has 0 spiro atoms. The Morgan fingerprint density at radius 2 is 2.24 bits per heavy atom. The van der Waals surface area contributed by atoms with E-state index in [2.05, 4.69) is 14.9 Å². The molecule has 1 N–H and O–H groups in total. The third kappa shape index (κ3) is 3.71. The predicted octanol–water partition coefficient (Wildman–Crippen LogP) is 2.67. The van der Waals surface area contributed by atoms with Gasteiger partial charge in [-0.15, -0.1) is 11.3 Å². The second kappa shape index (κ2) is 5.63. The van der Waals surface area contributed by atoms with Crippen molar-refractivity contribution in [3.05, 3.63) is 35.6 Å². The van der Waals surface area contributed by atoms with Crippen molar-refractivity contribution in [1.29, 1.82) is 0 Å². The lowest BCUT2D eigenvalue weighted by atomic mass is 10.3. The molecule has 5 heteroatoms. The lowest BCUT2D eigenvalue weighted by Gasteiger charge is -2.03. The minimum absolute atomic E-state index is 0.0338. The van der Waals surface area contributed by atoms with E-state index in [1.54, 1.807) is 6.20 Å². The maximum atomic E-state index is 11.6. The molecule has 0 aliphatic heterocycles. The topological polar surface area (TPSA) is 46.9 Å². The second-order valence-electron chi connectivity index (χ2n) is 3.85. The number of hydrogen-bond donors (Lipinski definition) is 1. The van der Waals surface area contributed by atoms with Crippen LogP contribution >= 0.6 is 11.3 Å². The molecule has 0 aromatic carbocycles. The van der Waals surface area contributed by atoms with Gasteiger partial charge >= 0.3 is 0 Å². The highest BCUT2D eigenvalue weighted by Gasteiger charge is 2.04. The van der Waals surface area contributed by atoms with E-state index in [4.69, 9.17) is 0 Å². The zero-order chi connectivity index (χ0) is 12.1. The molecule has 0 aliphatic rings. The van der Waals surface area contributed by atoms with Crippen LogP contribution in [0.1, 0.15) is 17.7 Å². The summed E-state index contributed by atoms with van der Waals surface area (Å²) in [5.74, 6) is 0.0338. The highest BCUT2D eigenvalue weighted by atomic mass is 32.1. The van der Waals surface area contributed by atoms with E-state index >= 15 is 0 Å². The zero-order valence-electron chi connectivity index (χ0n) is 9.72. The summed E-state index contributed by atoms with van der Waals surface area (Å²) in [4.78, 5) is 16.8. The number of rotatable bonds is 5. The van der Waals surface area contributed by atoms with Gasteiger partial charge in [-0.1, -0.05) is 0 Å². The molecule has 0 saturated carbocycles. The summed E-state index contributed by atoms with van der Waals surface area (Å²) < 4.78 is 2.07. The Balaban J connectivity index is 1.71. The summed E-state index contributed by atoms with van der Waals surface area (Å²) in [6.45, 7) is 2.84. The van der Waals surface area contributed by atoms with Crippen molar-refractivity contribution in [1.82, 2.24) is 9.55 Å². The molecular formula is C12H15N3OS. The number of amides is 1. The van der Waals surface area contributed by atoms with Crippen molar-refractivity contribution >= 4 is 22.4 Å². The number of aryl methyl sites for hydroxylation is 2. The third-order valence-corrected chi connectivity index (χ3v) is 3.18. The SMILES string of the molecule is Cc1cnc(NC(=O)CCCn2cccc2)s1. The summed E-state index contributed by atoms with van der Waals surface area (Å²) in [5, 5.41) is 3.49. The average molecular weight is 249 g/mol. The van der Waals surface area contributed by atoms with Gasteiger partial charge in [0.25, 0.3) is 0 Å². The monoisotopic (exact) mass is 249 g/mol. The summed E-state index contributed by atoms with van der Waals surface area (Å²) in [5.41, 5.74) is 0. The van der Waals surface area contributed by atoms with E-state index in [0.29, 0.717) is 11.6 Å². The Labute approximate surface area is 104 Å². The molecule has 0 radical (unpaired) electrons. The zero-order valence-corrected chi connectivity index (χ0v) is 10.5. The standard InChI is InChI=1S/C12H15N3OS/c1-10-9-13-12(17-10)14-11(16)5-4-8-15-6-2-3-7-15/h2-3,6-7,9H,4-5,8H2,1H3,(H,13,14,16). The predicted molar refractivity (Wildman–Crippen MR) is 69.1 cm³/mol. The highest BCUT2D eigenvalue weighted by molar-refractivity contribution is 7.15. The number of thiazole rings is 1. The fourth-order valence-corrected chi connectivity index (χ4v) is 2.22. The van der Waals surface area contributed by atoms with Gasteiger partial charge in [-0.3, -0.25) is 4.79 Å². The van der Waals surface area contributed by atoms with Crippen LogP contribution in [0.5, 0.6) is 0 Å². The minimum atomic E-state index is 0.0338. The third-order valence-electron chi connectivity index (χ3n) is 2.35. The number of aromatic nitrogens is 2. The van der Waals surface area contributed by atoms with Gasteiger partial charge in [0.15, 0.2) is 5.13 Å². The molecule has 0 fully saturated rings. The fourth-order valence-electron chi connectivity index (χ4n) is 1.54. The van der Waals surface area contributed by atoms with Crippen LogP contribution in [-0.4, -0.2) is 15.5 Å². The molecule has 2 aromatic heterocycles. The molecule has 2 heterocycles. The quantitative estimate of drug-likeness (QED) is 0.885. The Morgan fingerprint density at radius 1 is 1.47 bits per heavy atom. The summed E-state index contributed by atoms with van der Waals surface area (Å²) in [6.07, 6.45) is 7.13. The van der Waals surface area contributed by atoms with Crippen LogP contribution in [0, 0.1) is 6.92 Å². The van der Waals surface area contributed by atoms with Gasteiger partial charge in [-0.25, -0.2) is 4.98 Å². The first-order valence-corrected chi connectivity index (χ1v) is 6.39. The number of nitrogens with one attached hydrogen (secondary N) is 1. The Hall–Kier alpha value is -1.62. The highest BCUT2D eigenvalue weighted by Crippen LogP contribution is 2.16. The lowest BCUT2D eigenvalue weighted by molar-refractivity contribution is -0.116. The van der Waals surface area contributed by atoms with E-state index in [9.17, 15) is 4.79 Å². The van der Waals surface area contributed by atoms with Crippen molar-refractivity contribution in [3.63, 3.8) is 0 Å². The molecule has 0 atom stereocenters. The molecule has 2 aromatic rings. The van der Waals surface area contributed by atoms with Crippen molar-refractivity contribution in [3.8, 4) is 0 Å². The molecule has 1 amide bonds. The summed E-state index contributed by atoms with van der Waals surface area (Å²) in [6, 6.07) is 3.97. The van der Waals surface area contributed by atoms with Crippen molar-refractivity contribution in [2.45, 2.75) is 26.3 Å². The first-order chi connectivity index (χ1) is 8.24. The largest absolute Gasteiger partial charge is 0.354 e. The number of carbonyl (C=O) groups excluding carboxylic acids is 1. The van der Waals surface area contributed by atoms with E-state index in [-0.39, 0.29) is 5.91 Å². The van der Waals surface area contributed by atoms with Gasteiger partial charge in [0.2, 0.25) is 5.91 Å². The Bertz CT molecular complexity index is 476. The van der Waals surface area contributed by atoms with Crippen LogP contribution in [0.4, 0.5) is 5.13 Å². The molecule has 0 bridgehead atoms. The summed E-state index contributed by atoms with van der Waals surface area (Å²) >= 11 is 1.50. The van der Waals surface area contributed by atoms with Gasteiger partial charge in [-0.2, -0.15) is 0 Å². The van der Waals surface area contributed by atoms with Crippen LogP contribution in [0.3, 0.4) is 0 Å². The van der Waals surface area contributed by atoms with E-state index in [1.807, 2.05) is 31.5 Å². The van der Waals surface area contributed by atoms with Gasteiger partial charge in [0.05, 0.1) is 0 Å². The van der Waals surface area contributed by atoms with Crippen LogP contribution in [0.2, 0.25) is 0 Å². The normalized spacial score (nSPS) is 10.4. The summed E-state index contributed by atoms with van der Waals surface area (Å²) in [7, 11) is 0. The van der Waals surface area contributed by atoms with Gasteiger partial charge in [0, 0.05) is 36.4 Å². The van der Waals surface area contributed by atoms with E-state index in [0.717, 1.165) is 17.8 Å². The first kappa shape index (κ1) is 11.9. The molecule has 17 heavy (non-hydrogen) atoms. The van der Waals surface area contributed by atoms with Crippen LogP contribution in [0.15, 0.2) is 30.7 Å². The lowest BCUT2D eigenvalue weighted by Crippen LogP contribution is -2.11. The maximum absolute atomic E-state index is 11.6. The molecule has 0 saturated heterocycles. The maximum Gasteiger partial charge on any atom is 0.226 e. The molecule has 0 unspecified atom stereocenters. The number of carbonyl (C=O) groups is 1. The minimum Gasteiger partial charge on any atom is -0.354 e. The smallest absolute Gasteiger partial charge is 0.226 e. The molecule has 0 aliphatic carbocycles. The fraction of sp³-hybridized carbons (Fsp3) is 0.333. The van der Waals surface area contributed by atoms with E-state index < -0.39 is 0 Å². The second-order valence-corrected chi connectivity index (χ2v) is 5.08. The molecule has 90 valence electrons. The molecule has 4 nitrogen and oxygen atoms in total. The van der Waals surface area contributed by atoms with Crippen molar-refractivity contribution in [2.75, 3.05) is 5.32 Å². The van der Waals surface area contributed by atoms with Gasteiger partial charge in [-0.05, 0) is 25.5 Å². The number of anilines is 1. The number of nitrogens with zero attached hydrogens (tertiary/aromatic N) is 2. The Kier molecular flexibility index (Phi) is 3.93. The number of hydrogen-bond acceptors (Lipinski definition) is 3. The van der Waals surface area contributed by atoms with Crippen molar-refractivity contribution in [2.24, 2.45) is 0 Å². The van der Waals surface area contributed by atoms with E-state index in [1.165, 1.54) is 11.3 Å². The molecule has 2 rings (SSSR count). The van der Waals surface area contributed by atoms with Crippen LogP contribution in [-0.2, 0) is 11.3 Å².